The fraction of sp³-hybridized carbons (Fsp3) is 0.833. The number of morpholine rings is 1. The number of ether oxygens (including phenoxy) is 1. The van der Waals surface area contributed by atoms with Crippen molar-refractivity contribution in [1.29, 1.82) is 0 Å². The smallest absolute Gasteiger partial charge is 0.232 e. The van der Waals surface area contributed by atoms with E-state index in [1.807, 2.05) is 4.90 Å². The van der Waals surface area contributed by atoms with Crippen LogP contribution in [0.5, 0.6) is 0 Å². The predicted octanol–water partition coefficient (Wildman–Crippen LogP) is 0.248. The number of likely N-dealkylation sites (tertiary alicyclic amines) is 1. The van der Waals surface area contributed by atoms with Crippen LogP contribution in [-0.2, 0) is 14.3 Å². The van der Waals surface area contributed by atoms with Crippen molar-refractivity contribution >= 4 is 11.8 Å². The Bertz CT molecular complexity index is 253. The summed E-state index contributed by atoms with van der Waals surface area (Å²) >= 11 is 0. The molecule has 0 atom stereocenters. The third-order valence-corrected chi connectivity index (χ3v) is 3.38. The highest BCUT2D eigenvalue weighted by atomic mass is 16.5. The van der Waals surface area contributed by atoms with Gasteiger partial charge in [0.05, 0.1) is 13.2 Å². The van der Waals surface area contributed by atoms with Gasteiger partial charge in [-0.1, -0.05) is 0 Å². The molecule has 0 aromatic heterocycles. The van der Waals surface area contributed by atoms with Crippen molar-refractivity contribution in [3.8, 4) is 0 Å². The zero-order valence-electron chi connectivity index (χ0n) is 10.2. The van der Waals surface area contributed by atoms with Crippen LogP contribution in [0.3, 0.4) is 0 Å². The third kappa shape index (κ3) is 3.43. The van der Waals surface area contributed by atoms with Crippen LogP contribution in [0.2, 0.25) is 0 Å². The second kappa shape index (κ2) is 6.00. The van der Waals surface area contributed by atoms with Gasteiger partial charge in [-0.05, 0) is 19.3 Å². The maximum atomic E-state index is 11.9. The van der Waals surface area contributed by atoms with Gasteiger partial charge >= 0.3 is 0 Å². The van der Waals surface area contributed by atoms with Crippen LogP contribution in [0.25, 0.3) is 0 Å². The number of carbonyl (C=O) groups excluding carboxylic acids is 2. The highest BCUT2D eigenvalue weighted by Crippen LogP contribution is 2.11. The topological polar surface area (TPSA) is 49.9 Å². The third-order valence-electron chi connectivity index (χ3n) is 3.38. The lowest BCUT2D eigenvalue weighted by Crippen LogP contribution is -2.44. The Labute approximate surface area is 102 Å². The van der Waals surface area contributed by atoms with Gasteiger partial charge in [0.2, 0.25) is 11.8 Å². The van der Waals surface area contributed by atoms with Gasteiger partial charge in [0.25, 0.3) is 0 Å². The number of hydrogen-bond acceptors (Lipinski definition) is 3. The number of nitrogens with zero attached hydrogens (tertiary/aromatic N) is 2. The fourth-order valence-corrected chi connectivity index (χ4v) is 2.31. The molecule has 5 nitrogen and oxygen atoms in total. The minimum Gasteiger partial charge on any atom is -0.378 e. The van der Waals surface area contributed by atoms with E-state index in [4.69, 9.17) is 4.74 Å². The zero-order valence-corrected chi connectivity index (χ0v) is 10.2. The van der Waals surface area contributed by atoms with E-state index in [1.165, 1.54) is 6.42 Å². The van der Waals surface area contributed by atoms with Crippen LogP contribution in [0.4, 0.5) is 0 Å². The Morgan fingerprint density at radius 2 is 1.35 bits per heavy atom. The SMILES string of the molecule is O=C(CC(=O)N1CCOCC1)N1CCCCC1. The van der Waals surface area contributed by atoms with Gasteiger partial charge in [-0.25, -0.2) is 0 Å². The molecule has 2 amide bonds. The van der Waals surface area contributed by atoms with E-state index in [9.17, 15) is 9.59 Å². The highest BCUT2D eigenvalue weighted by molar-refractivity contribution is 5.96. The van der Waals surface area contributed by atoms with Gasteiger partial charge in [-0.15, -0.1) is 0 Å². The summed E-state index contributed by atoms with van der Waals surface area (Å²) in [5.41, 5.74) is 0. The van der Waals surface area contributed by atoms with Crippen LogP contribution in [0, 0.1) is 0 Å². The summed E-state index contributed by atoms with van der Waals surface area (Å²) < 4.78 is 5.18. The summed E-state index contributed by atoms with van der Waals surface area (Å²) in [6.45, 7) is 4.04. The summed E-state index contributed by atoms with van der Waals surface area (Å²) in [6.07, 6.45) is 3.36. The average Bonchev–Trinajstić information content (AvgIpc) is 2.40. The normalized spacial score (nSPS) is 21.4. The first-order valence-electron chi connectivity index (χ1n) is 6.40. The number of hydrogen-bond donors (Lipinski definition) is 0. The molecule has 0 aliphatic carbocycles. The minimum absolute atomic E-state index is 0.0128. The summed E-state index contributed by atoms with van der Waals surface area (Å²) in [5, 5.41) is 0. The lowest BCUT2D eigenvalue weighted by atomic mass is 10.1. The van der Waals surface area contributed by atoms with Crippen molar-refractivity contribution in [1.82, 2.24) is 9.80 Å². The number of amides is 2. The van der Waals surface area contributed by atoms with E-state index < -0.39 is 0 Å². The summed E-state index contributed by atoms with van der Waals surface area (Å²) in [6, 6.07) is 0. The quantitative estimate of drug-likeness (QED) is 0.650. The van der Waals surface area contributed by atoms with Gasteiger partial charge in [-0.2, -0.15) is 0 Å². The summed E-state index contributed by atoms with van der Waals surface area (Å²) in [7, 11) is 0. The summed E-state index contributed by atoms with van der Waals surface area (Å²) in [5.74, 6) is -0.0648. The molecule has 0 spiro atoms. The molecule has 5 heteroatoms. The second-order valence-corrected chi connectivity index (χ2v) is 4.61. The van der Waals surface area contributed by atoms with Gasteiger partial charge in [-0.3, -0.25) is 9.59 Å². The minimum atomic E-state index is -0.0520. The van der Waals surface area contributed by atoms with Crippen molar-refractivity contribution in [3.63, 3.8) is 0 Å². The van der Waals surface area contributed by atoms with Gasteiger partial charge < -0.3 is 14.5 Å². The molecular weight excluding hydrogens is 220 g/mol. The number of carbonyl (C=O) groups is 2. The first-order valence-corrected chi connectivity index (χ1v) is 6.40. The standard InChI is InChI=1S/C12H20N2O3/c15-11(13-4-2-1-3-5-13)10-12(16)14-6-8-17-9-7-14/h1-10H2. The molecule has 0 bridgehead atoms. The number of rotatable bonds is 2. The molecular formula is C12H20N2O3. The van der Waals surface area contributed by atoms with E-state index in [2.05, 4.69) is 0 Å². The molecule has 2 rings (SSSR count). The van der Waals surface area contributed by atoms with Crippen LogP contribution in [-0.4, -0.2) is 61.0 Å². The molecule has 0 aromatic rings. The average molecular weight is 240 g/mol. The van der Waals surface area contributed by atoms with Crippen LogP contribution in [0.1, 0.15) is 25.7 Å². The Morgan fingerprint density at radius 3 is 1.94 bits per heavy atom. The number of piperidine rings is 1. The highest BCUT2D eigenvalue weighted by Gasteiger charge is 2.23. The second-order valence-electron chi connectivity index (χ2n) is 4.61. The molecule has 96 valence electrons. The van der Waals surface area contributed by atoms with Crippen LogP contribution >= 0.6 is 0 Å². The zero-order chi connectivity index (χ0) is 12.1. The molecule has 17 heavy (non-hydrogen) atoms. The Kier molecular flexibility index (Phi) is 4.36. The van der Waals surface area contributed by atoms with Crippen molar-refractivity contribution in [2.75, 3.05) is 39.4 Å². The fourth-order valence-electron chi connectivity index (χ4n) is 2.31. The maximum Gasteiger partial charge on any atom is 0.232 e. The van der Waals surface area contributed by atoms with Crippen LogP contribution < -0.4 is 0 Å². The molecule has 0 saturated carbocycles. The largest absolute Gasteiger partial charge is 0.378 e. The molecule has 0 radical (unpaired) electrons. The molecule has 2 fully saturated rings. The molecule has 2 aliphatic rings. The first kappa shape index (κ1) is 12.4. The predicted molar refractivity (Wildman–Crippen MR) is 62.4 cm³/mol. The lowest BCUT2D eigenvalue weighted by molar-refractivity contribution is -0.143. The molecule has 2 heterocycles. The van der Waals surface area contributed by atoms with Crippen molar-refractivity contribution in [2.24, 2.45) is 0 Å². The molecule has 0 unspecified atom stereocenters. The molecule has 0 N–H and O–H groups in total. The van der Waals surface area contributed by atoms with Crippen molar-refractivity contribution < 1.29 is 14.3 Å². The van der Waals surface area contributed by atoms with Crippen LogP contribution in [0.15, 0.2) is 0 Å². The van der Waals surface area contributed by atoms with Crippen molar-refractivity contribution in [3.05, 3.63) is 0 Å². The summed E-state index contributed by atoms with van der Waals surface area (Å²) in [4.78, 5) is 27.3. The van der Waals surface area contributed by atoms with E-state index in [0.717, 1.165) is 25.9 Å². The van der Waals surface area contributed by atoms with Gasteiger partial charge in [0.15, 0.2) is 0 Å². The maximum absolute atomic E-state index is 11.9. The Hall–Kier alpha value is -1.10. The molecule has 2 aliphatic heterocycles. The Morgan fingerprint density at radius 1 is 0.824 bits per heavy atom. The van der Waals surface area contributed by atoms with E-state index >= 15 is 0 Å². The van der Waals surface area contributed by atoms with E-state index in [1.54, 1.807) is 4.90 Å². The van der Waals surface area contributed by atoms with E-state index in [0.29, 0.717) is 26.3 Å². The van der Waals surface area contributed by atoms with Gasteiger partial charge in [0.1, 0.15) is 6.42 Å². The first-order chi connectivity index (χ1) is 8.27. The van der Waals surface area contributed by atoms with Crippen molar-refractivity contribution in [2.45, 2.75) is 25.7 Å². The Balaban J connectivity index is 1.78. The van der Waals surface area contributed by atoms with Gasteiger partial charge in [0, 0.05) is 26.2 Å². The monoisotopic (exact) mass is 240 g/mol. The van der Waals surface area contributed by atoms with E-state index in [-0.39, 0.29) is 18.2 Å². The lowest BCUT2D eigenvalue weighted by Gasteiger charge is -2.29. The molecule has 0 aromatic carbocycles. The molecule has 2 saturated heterocycles.